The second kappa shape index (κ2) is 11.1. The molecule has 2 N–H and O–H groups in total. The van der Waals surface area contributed by atoms with E-state index >= 15 is 0 Å². The van der Waals surface area contributed by atoms with Crippen LogP contribution in [0.15, 0.2) is 48.5 Å². The molecule has 0 fully saturated rings. The van der Waals surface area contributed by atoms with E-state index in [1.807, 2.05) is 19.0 Å². The summed E-state index contributed by atoms with van der Waals surface area (Å²) >= 11 is 0. The minimum atomic E-state index is -3.32. The fourth-order valence-electron chi connectivity index (χ4n) is 2.72. The smallest absolute Gasteiger partial charge is 0.318 e. The maximum atomic E-state index is 13.1. The first kappa shape index (κ1) is 23.8. The molecule has 0 heterocycles. The van der Waals surface area contributed by atoms with Gasteiger partial charge in [-0.3, -0.25) is 0 Å². The summed E-state index contributed by atoms with van der Waals surface area (Å²) in [6.07, 6.45) is 0. The molecule has 30 heavy (non-hydrogen) atoms. The van der Waals surface area contributed by atoms with E-state index in [-0.39, 0.29) is 17.6 Å². The summed E-state index contributed by atoms with van der Waals surface area (Å²) in [6, 6.07) is 12.9. The third-order valence-electron chi connectivity index (χ3n) is 4.53. The van der Waals surface area contributed by atoms with Crippen LogP contribution < -0.4 is 10.0 Å². The minimum absolute atomic E-state index is 0.0911. The molecule has 164 valence electrons. The summed E-state index contributed by atoms with van der Waals surface area (Å²) in [5, 5.41) is 2.90. The Kier molecular flexibility index (Phi) is 8.76. The van der Waals surface area contributed by atoms with Gasteiger partial charge < -0.3 is 15.1 Å². The Morgan fingerprint density at radius 1 is 0.933 bits per heavy atom. The molecule has 0 aromatic heterocycles. The van der Waals surface area contributed by atoms with Crippen LogP contribution in [-0.4, -0.2) is 58.5 Å². The molecule has 0 saturated heterocycles. The van der Waals surface area contributed by atoms with Crippen molar-refractivity contribution in [3.05, 3.63) is 71.0 Å². The van der Waals surface area contributed by atoms with Gasteiger partial charge >= 0.3 is 6.03 Å². The molecule has 0 spiro atoms. The molecule has 0 atom stereocenters. The van der Waals surface area contributed by atoms with Gasteiger partial charge in [-0.15, -0.1) is 0 Å². The molecule has 0 unspecified atom stereocenters. The van der Waals surface area contributed by atoms with Crippen molar-refractivity contribution in [1.82, 2.24) is 19.8 Å². The van der Waals surface area contributed by atoms with Crippen molar-refractivity contribution in [1.29, 1.82) is 0 Å². The fraction of sp³-hybridized carbons (Fsp3) is 0.381. The van der Waals surface area contributed by atoms with Gasteiger partial charge in [0, 0.05) is 26.2 Å². The van der Waals surface area contributed by atoms with Crippen LogP contribution in [0.25, 0.3) is 0 Å². The lowest BCUT2D eigenvalue weighted by atomic mass is 10.1. The normalized spacial score (nSPS) is 11.5. The second-order valence-electron chi connectivity index (χ2n) is 7.29. The van der Waals surface area contributed by atoms with Gasteiger partial charge in [-0.25, -0.2) is 22.3 Å². The molecule has 0 aliphatic heterocycles. The Bertz CT molecular complexity index is 916. The number of halogens is 1. The SMILES string of the molecule is CNS(=O)(=O)Cc1ccc(CNC(=O)N(CCN(C)C)Cc2ccc(F)cc2)cc1. The lowest BCUT2D eigenvalue weighted by molar-refractivity contribution is 0.188. The highest BCUT2D eigenvalue weighted by Crippen LogP contribution is 2.10. The number of sulfonamides is 1. The predicted octanol–water partition coefficient (Wildman–Crippen LogP) is 2.15. The van der Waals surface area contributed by atoms with Crippen LogP contribution in [-0.2, 0) is 28.9 Å². The number of amides is 2. The highest BCUT2D eigenvalue weighted by Gasteiger charge is 2.14. The van der Waals surface area contributed by atoms with Crippen LogP contribution >= 0.6 is 0 Å². The first-order valence-corrected chi connectivity index (χ1v) is 11.2. The van der Waals surface area contributed by atoms with Crippen LogP contribution in [0, 0.1) is 5.82 Å². The largest absolute Gasteiger partial charge is 0.334 e. The number of nitrogens with zero attached hydrogens (tertiary/aromatic N) is 2. The zero-order chi connectivity index (χ0) is 22.1. The van der Waals surface area contributed by atoms with Gasteiger partial charge in [-0.1, -0.05) is 36.4 Å². The first-order valence-electron chi connectivity index (χ1n) is 9.59. The summed E-state index contributed by atoms with van der Waals surface area (Å²) in [7, 11) is 1.93. The van der Waals surface area contributed by atoms with Crippen molar-refractivity contribution in [3.8, 4) is 0 Å². The lowest BCUT2D eigenvalue weighted by Gasteiger charge is -2.25. The van der Waals surface area contributed by atoms with Crippen molar-refractivity contribution in [3.63, 3.8) is 0 Å². The predicted molar refractivity (Wildman–Crippen MR) is 116 cm³/mol. The number of hydrogen-bond acceptors (Lipinski definition) is 4. The molecule has 0 saturated carbocycles. The molecule has 0 aliphatic rings. The first-order chi connectivity index (χ1) is 14.2. The number of urea groups is 1. The van der Waals surface area contributed by atoms with Crippen LogP contribution in [0.4, 0.5) is 9.18 Å². The number of carbonyl (C=O) groups excluding carboxylic acids is 1. The van der Waals surface area contributed by atoms with Gasteiger partial charge in [0.05, 0.1) is 5.75 Å². The van der Waals surface area contributed by atoms with Crippen molar-refractivity contribution in [2.75, 3.05) is 34.2 Å². The number of nitrogens with one attached hydrogen (secondary N) is 2. The van der Waals surface area contributed by atoms with Gasteiger partial charge in [-0.05, 0) is 50.0 Å². The van der Waals surface area contributed by atoms with E-state index in [0.29, 0.717) is 31.7 Å². The zero-order valence-electron chi connectivity index (χ0n) is 17.6. The van der Waals surface area contributed by atoms with Crippen molar-refractivity contribution in [2.24, 2.45) is 0 Å². The van der Waals surface area contributed by atoms with E-state index in [9.17, 15) is 17.6 Å². The number of benzene rings is 2. The summed E-state index contributed by atoms with van der Waals surface area (Å²) in [6.45, 7) is 1.92. The van der Waals surface area contributed by atoms with Gasteiger partial charge in [-0.2, -0.15) is 0 Å². The average molecular weight is 437 g/mol. The number of carbonyl (C=O) groups is 1. The molecule has 2 rings (SSSR count). The molecule has 0 radical (unpaired) electrons. The highest BCUT2D eigenvalue weighted by molar-refractivity contribution is 7.88. The number of rotatable bonds is 10. The molecule has 0 aliphatic carbocycles. The summed E-state index contributed by atoms with van der Waals surface area (Å²) in [4.78, 5) is 16.4. The zero-order valence-corrected chi connectivity index (χ0v) is 18.4. The fourth-order valence-corrected chi connectivity index (χ4v) is 3.49. The monoisotopic (exact) mass is 436 g/mol. The van der Waals surface area contributed by atoms with Gasteiger partial charge in [0.1, 0.15) is 5.82 Å². The summed E-state index contributed by atoms with van der Waals surface area (Å²) in [5.74, 6) is -0.402. The van der Waals surface area contributed by atoms with E-state index in [2.05, 4.69) is 10.0 Å². The highest BCUT2D eigenvalue weighted by atomic mass is 32.2. The summed E-state index contributed by atoms with van der Waals surface area (Å²) < 4.78 is 38.7. The molecular formula is C21H29FN4O3S. The molecule has 7 nitrogen and oxygen atoms in total. The minimum Gasteiger partial charge on any atom is -0.334 e. The quantitative estimate of drug-likeness (QED) is 0.598. The standard InChI is InChI=1S/C21H29FN4O3S/c1-23-30(28,29)16-19-6-4-17(5-7-19)14-24-21(27)26(13-12-25(2)3)15-18-8-10-20(22)11-9-18/h4-11,23H,12-16H2,1-3H3,(H,24,27). The Balaban J connectivity index is 1.97. The van der Waals surface area contributed by atoms with E-state index < -0.39 is 10.0 Å². The Morgan fingerprint density at radius 3 is 2.07 bits per heavy atom. The van der Waals surface area contributed by atoms with Crippen LogP contribution in [0.5, 0.6) is 0 Å². The van der Waals surface area contributed by atoms with Crippen molar-refractivity contribution in [2.45, 2.75) is 18.8 Å². The maximum absolute atomic E-state index is 13.1. The molecule has 2 aromatic rings. The van der Waals surface area contributed by atoms with Crippen LogP contribution in [0.2, 0.25) is 0 Å². The molecular weight excluding hydrogens is 407 g/mol. The second-order valence-corrected chi connectivity index (χ2v) is 9.22. The van der Waals surface area contributed by atoms with Gasteiger partial charge in [0.15, 0.2) is 0 Å². The van der Waals surface area contributed by atoms with Crippen LogP contribution in [0.1, 0.15) is 16.7 Å². The van der Waals surface area contributed by atoms with Gasteiger partial charge in [0.25, 0.3) is 0 Å². The Labute approximate surface area is 177 Å². The van der Waals surface area contributed by atoms with Crippen molar-refractivity contribution < 1.29 is 17.6 Å². The molecule has 9 heteroatoms. The molecule has 2 amide bonds. The van der Waals surface area contributed by atoms with E-state index in [4.69, 9.17) is 0 Å². The molecule has 0 bridgehead atoms. The Morgan fingerprint density at radius 2 is 1.50 bits per heavy atom. The van der Waals surface area contributed by atoms with Gasteiger partial charge in [0.2, 0.25) is 10.0 Å². The third-order valence-corrected chi connectivity index (χ3v) is 5.86. The lowest BCUT2D eigenvalue weighted by Crippen LogP contribution is -2.42. The van der Waals surface area contributed by atoms with E-state index in [1.54, 1.807) is 41.3 Å². The van der Waals surface area contributed by atoms with E-state index in [0.717, 1.165) is 11.1 Å². The topological polar surface area (TPSA) is 81.8 Å². The maximum Gasteiger partial charge on any atom is 0.318 e. The number of hydrogen-bond donors (Lipinski definition) is 2. The number of likely N-dealkylation sites (N-methyl/N-ethyl adjacent to an activating group) is 1. The Hall–Kier alpha value is -2.49. The third kappa shape index (κ3) is 8.10. The summed E-state index contributed by atoms with van der Waals surface area (Å²) in [5.41, 5.74) is 2.38. The van der Waals surface area contributed by atoms with E-state index in [1.165, 1.54) is 19.2 Å². The molecule has 2 aromatic carbocycles. The average Bonchev–Trinajstić information content (AvgIpc) is 2.71. The van der Waals surface area contributed by atoms with Crippen LogP contribution in [0.3, 0.4) is 0 Å². The van der Waals surface area contributed by atoms with Crippen molar-refractivity contribution >= 4 is 16.1 Å².